The van der Waals surface area contributed by atoms with E-state index in [1.807, 2.05) is 0 Å². The number of rotatable bonds is 4. The van der Waals surface area contributed by atoms with Crippen molar-refractivity contribution in [1.82, 2.24) is 4.90 Å². The van der Waals surface area contributed by atoms with Crippen LogP contribution in [0.4, 0.5) is 4.39 Å². The molecule has 0 spiro atoms. The molecule has 1 aliphatic rings. The third-order valence-corrected chi connectivity index (χ3v) is 3.56. The van der Waals surface area contributed by atoms with Crippen LogP contribution in [-0.4, -0.2) is 24.5 Å². The lowest BCUT2D eigenvalue weighted by molar-refractivity contribution is 0.313. The number of hydrogen-bond acceptors (Lipinski definition) is 2. The van der Waals surface area contributed by atoms with Crippen molar-refractivity contribution in [3.63, 3.8) is 0 Å². The van der Waals surface area contributed by atoms with Gasteiger partial charge in [0.2, 0.25) is 0 Å². The zero-order valence-corrected chi connectivity index (χ0v) is 10.4. The van der Waals surface area contributed by atoms with Crippen molar-refractivity contribution in [2.45, 2.75) is 25.8 Å². The first kappa shape index (κ1) is 12.5. The van der Waals surface area contributed by atoms with E-state index in [-0.39, 0.29) is 11.9 Å². The molecule has 0 aliphatic carbocycles. The van der Waals surface area contributed by atoms with Gasteiger partial charge in [-0.1, -0.05) is 19.1 Å². The topological polar surface area (TPSA) is 29.3 Å². The lowest BCUT2D eigenvalue weighted by Gasteiger charge is -2.18. The van der Waals surface area contributed by atoms with Gasteiger partial charge in [-0.05, 0) is 49.5 Å². The SMILES string of the molecule is CC1CCN(CCC(N)c2ccc(F)cc2)C1. The Morgan fingerprint density at radius 1 is 1.41 bits per heavy atom. The molecule has 3 heteroatoms. The van der Waals surface area contributed by atoms with E-state index >= 15 is 0 Å². The summed E-state index contributed by atoms with van der Waals surface area (Å²) in [6.45, 7) is 5.72. The summed E-state index contributed by atoms with van der Waals surface area (Å²) >= 11 is 0. The van der Waals surface area contributed by atoms with Gasteiger partial charge in [0.1, 0.15) is 5.82 Å². The molecule has 1 aromatic rings. The minimum atomic E-state index is -0.200. The third kappa shape index (κ3) is 3.51. The minimum absolute atomic E-state index is 0.0199. The molecule has 1 saturated heterocycles. The molecule has 2 atom stereocenters. The van der Waals surface area contributed by atoms with E-state index in [2.05, 4.69) is 11.8 Å². The highest BCUT2D eigenvalue weighted by Gasteiger charge is 2.18. The summed E-state index contributed by atoms with van der Waals surface area (Å²) < 4.78 is 12.8. The van der Waals surface area contributed by atoms with Crippen LogP contribution in [0.15, 0.2) is 24.3 Å². The zero-order valence-electron chi connectivity index (χ0n) is 10.4. The summed E-state index contributed by atoms with van der Waals surface area (Å²) in [5.41, 5.74) is 7.14. The highest BCUT2D eigenvalue weighted by atomic mass is 19.1. The molecule has 1 aliphatic heterocycles. The summed E-state index contributed by atoms with van der Waals surface area (Å²) in [6, 6.07) is 6.55. The second-order valence-corrected chi connectivity index (χ2v) is 5.14. The van der Waals surface area contributed by atoms with Crippen LogP contribution in [0.2, 0.25) is 0 Å². The normalized spacial score (nSPS) is 22.9. The van der Waals surface area contributed by atoms with Crippen molar-refractivity contribution in [3.8, 4) is 0 Å². The molecule has 94 valence electrons. The van der Waals surface area contributed by atoms with Crippen LogP contribution in [-0.2, 0) is 0 Å². The Labute approximate surface area is 103 Å². The fourth-order valence-corrected chi connectivity index (χ4v) is 2.43. The van der Waals surface area contributed by atoms with E-state index < -0.39 is 0 Å². The first-order chi connectivity index (χ1) is 8.15. The Balaban J connectivity index is 1.81. The summed E-state index contributed by atoms with van der Waals surface area (Å²) in [4.78, 5) is 2.47. The van der Waals surface area contributed by atoms with Crippen LogP contribution in [0.3, 0.4) is 0 Å². The Morgan fingerprint density at radius 3 is 2.71 bits per heavy atom. The molecule has 0 amide bonds. The first-order valence-corrected chi connectivity index (χ1v) is 6.38. The van der Waals surface area contributed by atoms with E-state index in [1.54, 1.807) is 12.1 Å². The van der Waals surface area contributed by atoms with E-state index in [9.17, 15) is 4.39 Å². The molecule has 0 bridgehead atoms. The second-order valence-electron chi connectivity index (χ2n) is 5.14. The van der Waals surface area contributed by atoms with Crippen molar-refractivity contribution in [2.24, 2.45) is 11.7 Å². The van der Waals surface area contributed by atoms with Gasteiger partial charge in [-0.2, -0.15) is 0 Å². The van der Waals surface area contributed by atoms with E-state index in [1.165, 1.54) is 31.6 Å². The summed E-state index contributed by atoms with van der Waals surface area (Å²) in [7, 11) is 0. The van der Waals surface area contributed by atoms with Gasteiger partial charge >= 0.3 is 0 Å². The van der Waals surface area contributed by atoms with Crippen LogP contribution >= 0.6 is 0 Å². The van der Waals surface area contributed by atoms with Crippen molar-refractivity contribution in [3.05, 3.63) is 35.6 Å². The maximum absolute atomic E-state index is 12.8. The molecule has 2 rings (SSSR count). The Bertz CT molecular complexity index is 350. The zero-order chi connectivity index (χ0) is 12.3. The largest absolute Gasteiger partial charge is 0.324 e. The van der Waals surface area contributed by atoms with Crippen LogP contribution in [0.25, 0.3) is 0 Å². The maximum Gasteiger partial charge on any atom is 0.123 e. The first-order valence-electron chi connectivity index (χ1n) is 6.38. The Morgan fingerprint density at radius 2 is 2.12 bits per heavy atom. The highest BCUT2D eigenvalue weighted by Crippen LogP contribution is 2.19. The monoisotopic (exact) mass is 236 g/mol. The van der Waals surface area contributed by atoms with Gasteiger partial charge < -0.3 is 10.6 Å². The highest BCUT2D eigenvalue weighted by molar-refractivity contribution is 5.19. The number of hydrogen-bond donors (Lipinski definition) is 1. The van der Waals surface area contributed by atoms with Gasteiger partial charge in [0.15, 0.2) is 0 Å². The van der Waals surface area contributed by atoms with Gasteiger partial charge in [0.05, 0.1) is 0 Å². The predicted molar refractivity (Wildman–Crippen MR) is 68.2 cm³/mol. The summed E-state index contributed by atoms with van der Waals surface area (Å²) in [5, 5.41) is 0. The van der Waals surface area contributed by atoms with Gasteiger partial charge in [0.25, 0.3) is 0 Å². The maximum atomic E-state index is 12.8. The molecular weight excluding hydrogens is 215 g/mol. The molecule has 2 N–H and O–H groups in total. The molecule has 2 nitrogen and oxygen atoms in total. The van der Waals surface area contributed by atoms with Gasteiger partial charge in [-0.25, -0.2) is 4.39 Å². The third-order valence-electron chi connectivity index (χ3n) is 3.56. The summed E-state index contributed by atoms with van der Waals surface area (Å²) in [6.07, 6.45) is 2.24. The standard InChI is InChI=1S/C14H21FN2/c1-11-6-8-17(10-11)9-7-14(16)12-2-4-13(15)5-3-12/h2-5,11,14H,6-10,16H2,1H3. The van der Waals surface area contributed by atoms with Crippen molar-refractivity contribution in [1.29, 1.82) is 0 Å². The van der Waals surface area contributed by atoms with Gasteiger partial charge in [-0.15, -0.1) is 0 Å². The number of nitrogens with two attached hydrogens (primary N) is 1. The molecule has 17 heavy (non-hydrogen) atoms. The summed E-state index contributed by atoms with van der Waals surface area (Å²) in [5.74, 6) is 0.617. The lowest BCUT2D eigenvalue weighted by atomic mass is 10.0. The van der Waals surface area contributed by atoms with Crippen molar-refractivity contribution < 1.29 is 4.39 Å². The second kappa shape index (κ2) is 5.61. The Hall–Kier alpha value is -0.930. The Kier molecular flexibility index (Phi) is 4.13. The van der Waals surface area contributed by atoms with E-state index in [0.717, 1.165) is 24.4 Å². The average Bonchev–Trinajstić information content (AvgIpc) is 2.73. The molecule has 1 fully saturated rings. The van der Waals surface area contributed by atoms with Crippen LogP contribution in [0.5, 0.6) is 0 Å². The minimum Gasteiger partial charge on any atom is -0.324 e. The quantitative estimate of drug-likeness (QED) is 0.870. The molecule has 1 heterocycles. The average molecular weight is 236 g/mol. The van der Waals surface area contributed by atoms with Crippen molar-refractivity contribution in [2.75, 3.05) is 19.6 Å². The molecule has 0 aromatic heterocycles. The number of likely N-dealkylation sites (tertiary alicyclic amines) is 1. The van der Waals surface area contributed by atoms with Gasteiger partial charge in [0, 0.05) is 12.6 Å². The van der Waals surface area contributed by atoms with Crippen LogP contribution in [0.1, 0.15) is 31.4 Å². The van der Waals surface area contributed by atoms with Crippen LogP contribution in [0, 0.1) is 11.7 Å². The smallest absolute Gasteiger partial charge is 0.123 e. The molecule has 0 radical (unpaired) electrons. The predicted octanol–water partition coefficient (Wildman–Crippen LogP) is 2.56. The number of benzene rings is 1. The number of nitrogens with zero attached hydrogens (tertiary/aromatic N) is 1. The number of halogens is 1. The molecule has 2 unspecified atom stereocenters. The fraction of sp³-hybridized carbons (Fsp3) is 0.571. The van der Waals surface area contributed by atoms with E-state index in [4.69, 9.17) is 5.73 Å². The van der Waals surface area contributed by atoms with Gasteiger partial charge in [-0.3, -0.25) is 0 Å². The van der Waals surface area contributed by atoms with E-state index in [0.29, 0.717) is 0 Å². The lowest BCUT2D eigenvalue weighted by Crippen LogP contribution is -2.25. The fourth-order valence-electron chi connectivity index (χ4n) is 2.43. The molecule has 1 aromatic carbocycles. The molecular formula is C14H21FN2. The van der Waals surface area contributed by atoms with Crippen LogP contribution < -0.4 is 5.73 Å². The molecule has 0 saturated carbocycles. The van der Waals surface area contributed by atoms with Crippen molar-refractivity contribution >= 4 is 0 Å².